The standard InChI is InChI=1S/C13H14ClN3O3/c1-8-5-12(17-20-8)16-13(18)7-15-9-3-4-11(19-2)10(14)6-9/h3-6,15H,7H2,1-2H3,(H,16,17,18). The summed E-state index contributed by atoms with van der Waals surface area (Å²) in [5.41, 5.74) is 0.724. The Morgan fingerprint density at radius 1 is 1.45 bits per heavy atom. The lowest BCUT2D eigenvalue weighted by Gasteiger charge is -2.08. The monoisotopic (exact) mass is 295 g/mol. The molecule has 1 amide bonds. The first-order valence-electron chi connectivity index (χ1n) is 5.89. The number of benzene rings is 1. The van der Waals surface area contributed by atoms with Crippen molar-refractivity contribution < 1.29 is 14.1 Å². The first-order valence-corrected chi connectivity index (χ1v) is 6.27. The summed E-state index contributed by atoms with van der Waals surface area (Å²) < 4.78 is 9.90. The molecule has 1 heterocycles. The largest absolute Gasteiger partial charge is 0.495 e. The Kier molecular flexibility index (Phi) is 4.47. The van der Waals surface area contributed by atoms with Gasteiger partial charge in [-0.3, -0.25) is 4.79 Å². The number of hydrogen-bond donors (Lipinski definition) is 2. The number of nitrogens with zero attached hydrogens (tertiary/aromatic N) is 1. The molecule has 7 heteroatoms. The number of nitrogens with one attached hydrogen (secondary N) is 2. The highest BCUT2D eigenvalue weighted by atomic mass is 35.5. The van der Waals surface area contributed by atoms with E-state index in [-0.39, 0.29) is 12.5 Å². The van der Waals surface area contributed by atoms with Crippen LogP contribution in [0.4, 0.5) is 11.5 Å². The zero-order valence-corrected chi connectivity index (χ0v) is 11.8. The van der Waals surface area contributed by atoms with Crippen LogP contribution in [0.1, 0.15) is 5.76 Å². The summed E-state index contributed by atoms with van der Waals surface area (Å²) in [7, 11) is 1.54. The SMILES string of the molecule is COc1ccc(NCC(=O)Nc2cc(C)on2)cc1Cl. The topological polar surface area (TPSA) is 76.4 Å². The first-order chi connectivity index (χ1) is 9.58. The van der Waals surface area contributed by atoms with Crippen LogP contribution < -0.4 is 15.4 Å². The Labute approximate surface area is 121 Å². The van der Waals surface area contributed by atoms with Crippen molar-refractivity contribution in [3.63, 3.8) is 0 Å². The lowest BCUT2D eigenvalue weighted by atomic mass is 10.3. The molecule has 20 heavy (non-hydrogen) atoms. The molecule has 0 atom stereocenters. The van der Waals surface area contributed by atoms with E-state index in [9.17, 15) is 4.79 Å². The minimum Gasteiger partial charge on any atom is -0.495 e. The van der Waals surface area contributed by atoms with Crippen LogP contribution in [0.15, 0.2) is 28.8 Å². The van der Waals surface area contributed by atoms with Gasteiger partial charge in [0, 0.05) is 11.8 Å². The molecule has 6 nitrogen and oxygen atoms in total. The zero-order chi connectivity index (χ0) is 14.5. The third-order valence-electron chi connectivity index (χ3n) is 2.50. The van der Waals surface area contributed by atoms with E-state index >= 15 is 0 Å². The molecule has 0 saturated carbocycles. The molecule has 0 aliphatic carbocycles. The second-order valence-corrected chi connectivity index (χ2v) is 4.48. The van der Waals surface area contributed by atoms with Crippen LogP contribution >= 0.6 is 11.6 Å². The minimum absolute atomic E-state index is 0.0918. The van der Waals surface area contributed by atoms with Gasteiger partial charge in [-0.1, -0.05) is 16.8 Å². The molecule has 1 aromatic heterocycles. The number of anilines is 2. The molecule has 0 spiro atoms. The van der Waals surface area contributed by atoms with E-state index in [0.29, 0.717) is 22.4 Å². The van der Waals surface area contributed by atoms with E-state index in [2.05, 4.69) is 15.8 Å². The van der Waals surface area contributed by atoms with Crippen molar-refractivity contribution in [2.24, 2.45) is 0 Å². The van der Waals surface area contributed by atoms with Gasteiger partial charge in [0.05, 0.1) is 18.7 Å². The van der Waals surface area contributed by atoms with Crippen molar-refractivity contribution in [2.45, 2.75) is 6.92 Å². The van der Waals surface area contributed by atoms with Gasteiger partial charge in [-0.05, 0) is 25.1 Å². The van der Waals surface area contributed by atoms with Gasteiger partial charge in [-0.15, -0.1) is 0 Å². The molecule has 0 unspecified atom stereocenters. The predicted octanol–water partition coefficient (Wildman–Crippen LogP) is 2.70. The van der Waals surface area contributed by atoms with Gasteiger partial charge in [0.1, 0.15) is 11.5 Å². The Bertz CT molecular complexity index is 613. The average Bonchev–Trinajstić information content (AvgIpc) is 2.82. The molecule has 0 fully saturated rings. The fourth-order valence-corrected chi connectivity index (χ4v) is 1.83. The Morgan fingerprint density at radius 3 is 2.85 bits per heavy atom. The van der Waals surface area contributed by atoms with E-state index in [1.807, 2.05) is 0 Å². The lowest BCUT2D eigenvalue weighted by molar-refractivity contribution is -0.114. The number of halogens is 1. The van der Waals surface area contributed by atoms with Crippen LogP contribution in [0.2, 0.25) is 5.02 Å². The van der Waals surface area contributed by atoms with Crippen molar-refractivity contribution in [3.05, 3.63) is 35.0 Å². The number of aromatic nitrogens is 1. The third kappa shape index (κ3) is 3.64. The minimum atomic E-state index is -0.231. The molecular formula is C13H14ClN3O3. The number of ether oxygens (including phenoxy) is 1. The van der Waals surface area contributed by atoms with E-state index in [1.54, 1.807) is 38.3 Å². The van der Waals surface area contributed by atoms with Gasteiger partial charge in [-0.25, -0.2) is 0 Å². The second-order valence-electron chi connectivity index (χ2n) is 4.07. The van der Waals surface area contributed by atoms with Crippen molar-refractivity contribution >= 4 is 29.0 Å². The third-order valence-corrected chi connectivity index (χ3v) is 2.80. The van der Waals surface area contributed by atoms with Crippen molar-refractivity contribution in [2.75, 3.05) is 24.3 Å². The number of carbonyl (C=O) groups is 1. The highest BCUT2D eigenvalue weighted by Gasteiger charge is 2.07. The van der Waals surface area contributed by atoms with Gasteiger partial charge in [0.2, 0.25) is 5.91 Å². The number of amides is 1. The van der Waals surface area contributed by atoms with Crippen LogP contribution in [-0.4, -0.2) is 24.7 Å². The Balaban J connectivity index is 1.88. The highest BCUT2D eigenvalue weighted by Crippen LogP contribution is 2.27. The van der Waals surface area contributed by atoms with Crippen LogP contribution in [0.25, 0.3) is 0 Å². The van der Waals surface area contributed by atoms with Gasteiger partial charge < -0.3 is 19.9 Å². The average molecular weight is 296 g/mol. The molecule has 0 radical (unpaired) electrons. The van der Waals surface area contributed by atoms with Gasteiger partial charge >= 0.3 is 0 Å². The number of carbonyl (C=O) groups excluding carboxylic acids is 1. The van der Waals surface area contributed by atoms with Crippen LogP contribution in [0.5, 0.6) is 5.75 Å². The molecule has 0 aliphatic heterocycles. The van der Waals surface area contributed by atoms with Crippen molar-refractivity contribution in [1.82, 2.24) is 5.16 Å². The Hall–Kier alpha value is -2.21. The highest BCUT2D eigenvalue weighted by molar-refractivity contribution is 6.32. The molecule has 1 aromatic carbocycles. The number of hydrogen-bond acceptors (Lipinski definition) is 5. The maximum absolute atomic E-state index is 11.7. The molecule has 0 aliphatic rings. The molecule has 2 N–H and O–H groups in total. The molecule has 2 aromatic rings. The van der Waals surface area contributed by atoms with Crippen molar-refractivity contribution in [1.29, 1.82) is 0 Å². The summed E-state index contributed by atoms with van der Waals surface area (Å²) in [6, 6.07) is 6.83. The fourth-order valence-electron chi connectivity index (χ4n) is 1.57. The van der Waals surface area contributed by atoms with Crippen LogP contribution in [-0.2, 0) is 4.79 Å². The molecule has 0 saturated heterocycles. The zero-order valence-electron chi connectivity index (χ0n) is 11.1. The first kappa shape index (κ1) is 14.2. The van der Waals surface area contributed by atoms with E-state index in [0.717, 1.165) is 5.69 Å². The summed E-state index contributed by atoms with van der Waals surface area (Å²) in [5, 5.41) is 9.71. The van der Waals surface area contributed by atoms with E-state index in [4.69, 9.17) is 20.9 Å². The molecule has 0 bridgehead atoms. The summed E-state index contributed by atoms with van der Waals surface area (Å²) in [4.78, 5) is 11.7. The Morgan fingerprint density at radius 2 is 2.25 bits per heavy atom. The predicted molar refractivity (Wildman–Crippen MR) is 76.4 cm³/mol. The molecular weight excluding hydrogens is 282 g/mol. The van der Waals surface area contributed by atoms with Gasteiger partial charge in [0.25, 0.3) is 0 Å². The van der Waals surface area contributed by atoms with Gasteiger partial charge in [0.15, 0.2) is 5.82 Å². The molecule has 106 valence electrons. The number of aryl methyl sites for hydroxylation is 1. The smallest absolute Gasteiger partial charge is 0.244 e. The van der Waals surface area contributed by atoms with Crippen LogP contribution in [0.3, 0.4) is 0 Å². The fraction of sp³-hybridized carbons (Fsp3) is 0.231. The maximum atomic E-state index is 11.7. The number of methoxy groups -OCH3 is 1. The van der Waals surface area contributed by atoms with E-state index in [1.165, 1.54) is 0 Å². The van der Waals surface area contributed by atoms with Crippen molar-refractivity contribution in [3.8, 4) is 5.75 Å². The molecule has 2 rings (SSSR count). The summed E-state index contributed by atoms with van der Waals surface area (Å²) >= 11 is 5.99. The van der Waals surface area contributed by atoms with Gasteiger partial charge in [-0.2, -0.15) is 0 Å². The van der Waals surface area contributed by atoms with E-state index < -0.39 is 0 Å². The normalized spacial score (nSPS) is 10.2. The summed E-state index contributed by atoms with van der Waals surface area (Å²) in [6.45, 7) is 1.84. The van der Waals surface area contributed by atoms with Crippen LogP contribution in [0, 0.1) is 6.92 Å². The summed E-state index contributed by atoms with van der Waals surface area (Å²) in [5.74, 6) is 1.38. The number of rotatable bonds is 5. The summed E-state index contributed by atoms with van der Waals surface area (Å²) in [6.07, 6.45) is 0. The maximum Gasteiger partial charge on any atom is 0.244 e. The second kappa shape index (κ2) is 6.29. The lowest BCUT2D eigenvalue weighted by Crippen LogP contribution is -2.21. The quantitative estimate of drug-likeness (QED) is 0.887.